The molecule has 1 amide bonds. The van der Waals surface area contributed by atoms with Gasteiger partial charge in [-0.1, -0.05) is 42.5 Å². The smallest absolute Gasteiger partial charge is 0.259 e. The highest BCUT2D eigenvalue weighted by Crippen LogP contribution is 2.25. The lowest BCUT2D eigenvalue weighted by molar-refractivity contribution is 0.0698. The zero-order valence-electron chi connectivity index (χ0n) is 20.2. The van der Waals surface area contributed by atoms with Gasteiger partial charge in [0.25, 0.3) is 11.5 Å². The minimum atomic E-state index is -3.76. The van der Waals surface area contributed by atoms with Crippen LogP contribution in [0.15, 0.2) is 94.7 Å². The van der Waals surface area contributed by atoms with Gasteiger partial charge >= 0.3 is 0 Å². The molecule has 3 heterocycles. The molecule has 190 valence electrons. The first-order valence-electron chi connectivity index (χ1n) is 12.1. The maximum Gasteiger partial charge on any atom is 0.259 e. The van der Waals surface area contributed by atoms with Crippen LogP contribution in [-0.4, -0.2) is 64.7 Å². The molecule has 1 aliphatic rings. The third-order valence-corrected chi connectivity index (χ3v) is 8.69. The number of sulfonamides is 1. The molecule has 0 unspecified atom stereocenters. The number of nitrogens with one attached hydrogen (secondary N) is 1. The van der Waals surface area contributed by atoms with Gasteiger partial charge in [0, 0.05) is 48.9 Å². The Morgan fingerprint density at radius 3 is 2.37 bits per heavy atom. The number of para-hydroxylation sites is 2. The molecule has 0 bridgehead atoms. The van der Waals surface area contributed by atoms with Crippen LogP contribution in [0.4, 0.5) is 0 Å². The summed E-state index contributed by atoms with van der Waals surface area (Å²) in [6, 6.07) is 22.7. The molecule has 0 saturated carbocycles. The zero-order chi connectivity index (χ0) is 26.3. The van der Waals surface area contributed by atoms with Crippen LogP contribution in [0.1, 0.15) is 10.4 Å². The van der Waals surface area contributed by atoms with Gasteiger partial charge in [0.2, 0.25) is 10.0 Å². The molecule has 0 aliphatic carbocycles. The summed E-state index contributed by atoms with van der Waals surface area (Å²) in [4.78, 5) is 39.0. The van der Waals surface area contributed by atoms with Crippen molar-refractivity contribution in [1.82, 2.24) is 24.2 Å². The normalized spacial score (nSPS) is 14.7. The molecule has 1 N–H and O–H groups in total. The highest BCUT2D eigenvalue weighted by molar-refractivity contribution is 7.89. The number of aromatic amines is 1. The maximum atomic E-state index is 13.4. The van der Waals surface area contributed by atoms with Crippen LogP contribution >= 0.6 is 0 Å². The average Bonchev–Trinajstić information content (AvgIpc) is 2.96. The molecule has 0 spiro atoms. The van der Waals surface area contributed by atoms with E-state index in [2.05, 4.69) is 15.0 Å². The van der Waals surface area contributed by atoms with E-state index in [-0.39, 0.29) is 42.5 Å². The van der Waals surface area contributed by atoms with E-state index in [1.165, 1.54) is 4.31 Å². The number of piperazine rings is 1. The Kier molecular flexibility index (Phi) is 5.97. The highest BCUT2D eigenvalue weighted by atomic mass is 32.2. The van der Waals surface area contributed by atoms with E-state index in [9.17, 15) is 18.0 Å². The molecule has 2 aromatic heterocycles. The monoisotopic (exact) mass is 525 g/mol. The third-order valence-electron chi connectivity index (χ3n) is 6.76. The predicted octanol–water partition coefficient (Wildman–Crippen LogP) is 3.29. The number of hydrogen-bond acceptors (Lipinski definition) is 6. The van der Waals surface area contributed by atoms with Crippen LogP contribution in [0.5, 0.6) is 0 Å². The fraction of sp³-hybridized carbons (Fsp3) is 0.143. The second-order valence-electron chi connectivity index (χ2n) is 9.04. The van der Waals surface area contributed by atoms with E-state index in [1.807, 2.05) is 18.2 Å². The first-order chi connectivity index (χ1) is 18.4. The van der Waals surface area contributed by atoms with Gasteiger partial charge in [-0.25, -0.2) is 13.4 Å². The van der Waals surface area contributed by atoms with Crippen LogP contribution in [0, 0.1) is 0 Å². The van der Waals surface area contributed by atoms with Crippen LogP contribution in [0.25, 0.3) is 33.2 Å². The van der Waals surface area contributed by atoms with Crippen molar-refractivity contribution in [2.24, 2.45) is 0 Å². The van der Waals surface area contributed by atoms with Crippen molar-refractivity contribution in [3.05, 3.63) is 101 Å². The number of carbonyl (C=O) groups excluding carboxylic acids is 1. The summed E-state index contributed by atoms with van der Waals surface area (Å²) in [6.45, 7) is 0.935. The number of benzene rings is 3. The molecule has 0 atom stereocenters. The fourth-order valence-corrected chi connectivity index (χ4v) is 6.32. The number of H-pyrrole nitrogens is 1. The standard InChI is InChI=1S/C28H23N5O4S/c34-27-22-7-1-2-8-23(22)30-26(31-27)20-10-12-21(13-11-20)28(35)32-15-17-33(18-16-32)38(36,37)24-9-3-5-19-6-4-14-29-25(19)24/h1-14H,15-18H2,(H,30,31,34). The topological polar surface area (TPSA) is 116 Å². The molecule has 5 aromatic rings. The van der Waals surface area contributed by atoms with Gasteiger partial charge in [0.1, 0.15) is 10.7 Å². The Hall–Kier alpha value is -4.41. The Morgan fingerprint density at radius 1 is 0.842 bits per heavy atom. The Bertz CT molecular complexity index is 1840. The lowest BCUT2D eigenvalue weighted by Crippen LogP contribution is -2.50. The molecular weight excluding hydrogens is 502 g/mol. The molecule has 1 saturated heterocycles. The van der Waals surface area contributed by atoms with E-state index in [1.54, 1.807) is 71.8 Å². The van der Waals surface area contributed by atoms with Crippen molar-refractivity contribution in [3.63, 3.8) is 0 Å². The van der Waals surface area contributed by atoms with Gasteiger partial charge in [-0.2, -0.15) is 4.31 Å². The minimum Gasteiger partial charge on any atom is -0.336 e. The van der Waals surface area contributed by atoms with Gasteiger partial charge in [-0.3, -0.25) is 14.6 Å². The second kappa shape index (κ2) is 9.47. The summed E-state index contributed by atoms with van der Waals surface area (Å²) in [5.41, 5.74) is 1.97. The van der Waals surface area contributed by atoms with Crippen LogP contribution in [0.3, 0.4) is 0 Å². The molecule has 6 rings (SSSR count). The summed E-state index contributed by atoms with van der Waals surface area (Å²) in [5.74, 6) is 0.245. The second-order valence-corrected chi connectivity index (χ2v) is 10.9. The molecule has 0 radical (unpaired) electrons. The quantitative estimate of drug-likeness (QED) is 0.385. The van der Waals surface area contributed by atoms with E-state index in [0.717, 1.165) is 5.39 Å². The van der Waals surface area contributed by atoms with Crippen molar-refractivity contribution in [2.45, 2.75) is 4.90 Å². The number of pyridine rings is 1. The SMILES string of the molecule is O=C(c1ccc(-c2nc3ccccc3c(=O)[nH]2)cc1)N1CCN(S(=O)(=O)c2cccc3cccnc23)CC1. The summed E-state index contributed by atoms with van der Waals surface area (Å²) in [6.07, 6.45) is 1.58. The van der Waals surface area contributed by atoms with Crippen LogP contribution < -0.4 is 5.56 Å². The van der Waals surface area contributed by atoms with Crippen molar-refractivity contribution in [3.8, 4) is 11.4 Å². The van der Waals surface area contributed by atoms with Crippen LogP contribution in [0.2, 0.25) is 0 Å². The molecule has 38 heavy (non-hydrogen) atoms. The fourth-order valence-electron chi connectivity index (χ4n) is 4.73. The largest absolute Gasteiger partial charge is 0.336 e. The highest BCUT2D eigenvalue weighted by Gasteiger charge is 2.31. The number of rotatable bonds is 4. The molecule has 1 aliphatic heterocycles. The first kappa shape index (κ1) is 24.0. The lowest BCUT2D eigenvalue weighted by Gasteiger charge is -2.34. The van der Waals surface area contributed by atoms with Crippen LogP contribution in [-0.2, 0) is 10.0 Å². The third kappa shape index (κ3) is 4.23. The molecule has 1 fully saturated rings. The number of nitrogens with zero attached hydrogens (tertiary/aromatic N) is 4. The maximum absolute atomic E-state index is 13.4. The number of amides is 1. The zero-order valence-corrected chi connectivity index (χ0v) is 21.1. The van der Waals surface area contributed by atoms with E-state index < -0.39 is 10.0 Å². The molecule has 10 heteroatoms. The summed E-state index contributed by atoms with van der Waals surface area (Å²) >= 11 is 0. The van der Waals surface area contributed by atoms with E-state index in [4.69, 9.17) is 0 Å². The van der Waals surface area contributed by atoms with Gasteiger partial charge < -0.3 is 9.88 Å². The Labute approximate surface area is 218 Å². The number of fused-ring (bicyclic) bond motifs is 2. The van der Waals surface area contributed by atoms with Crippen molar-refractivity contribution in [2.75, 3.05) is 26.2 Å². The minimum absolute atomic E-state index is 0.173. The van der Waals surface area contributed by atoms with Crippen molar-refractivity contribution >= 4 is 37.7 Å². The predicted molar refractivity (Wildman–Crippen MR) is 144 cm³/mol. The summed E-state index contributed by atoms with van der Waals surface area (Å²) < 4.78 is 28.2. The lowest BCUT2D eigenvalue weighted by atomic mass is 10.1. The van der Waals surface area contributed by atoms with Crippen molar-refractivity contribution < 1.29 is 13.2 Å². The number of aromatic nitrogens is 3. The van der Waals surface area contributed by atoms with Crippen molar-refractivity contribution in [1.29, 1.82) is 0 Å². The van der Waals surface area contributed by atoms with E-state index >= 15 is 0 Å². The van der Waals surface area contributed by atoms with Gasteiger partial charge in [-0.15, -0.1) is 0 Å². The van der Waals surface area contributed by atoms with E-state index in [0.29, 0.717) is 33.4 Å². The first-order valence-corrected chi connectivity index (χ1v) is 13.6. The van der Waals surface area contributed by atoms with Gasteiger partial charge in [-0.05, 0) is 36.4 Å². The molecular formula is C28H23N5O4S. The summed E-state index contributed by atoms with van der Waals surface area (Å²) in [5, 5.41) is 1.27. The number of carbonyl (C=O) groups is 1. The summed E-state index contributed by atoms with van der Waals surface area (Å²) in [7, 11) is -3.76. The van der Waals surface area contributed by atoms with Gasteiger partial charge in [0.05, 0.1) is 16.4 Å². The number of hydrogen-bond donors (Lipinski definition) is 1. The average molecular weight is 526 g/mol. The van der Waals surface area contributed by atoms with Gasteiger partial charge in [0.15, 0.2) is 0 Å². The molecule has 3 aromatic carbocycles. The Balaban J connectivity index is 1.17. The molecule has 9 nitrogen and oxygen atoms in total. The Morgan fingerprint density at radius 2 is 1.58 bits per heavy atom.